The van der Waals surface area contributed by atoms with Crippen LogP contribution >= 0.6 is 11.8 Å². The summed E-state index contributed by atoms with van der Waals surface area (Å²) < 4.78 is 6.12. The van der Waals surface area contributed by atoms with E-state index in [1.54, 1.807) is 0 Å². The number of amides is 1. The van der Waals surface area contributed by atoms with Crippen LogP contribution in [0, 0.1) is 0 Å². The minimum atomic E-state index is -0.214. The number of carbonyl (C=O) groups excluding carboxylic acids is 1. The predicted octanol–water partition coefficient (Wildman–Crippen LogP) is 5.11. The first-order chi connectivity index (χ1) is 13.2. The Hall–Kier alpha value is -2.53. The van der Waals surface area contributed by atoms with Crippen molar-refractivity contribution in [2.45, 2.75) is 30.2 Å². The number of rotatable bonds is 5. The second-order valence-electron chi connectivity index (χ2n) is 6.68. The lowest BCUT2D eigenvalue weighted by Crippen LogP contribution is -2.34. The fourth-order valence-electron chi connectivity index (χ4n) is 3.32. The van der Waals surface area contributed by atoms with Crippen molar-refractivity contribution in [2.24, 2.45) is 0 Å². The van der Waals surface area contributed by atoms with Crippen molar-refractivity contribution in [3.8, 4) is 22.6 Å². The first-order valence-electron chi connectivity index (χ1n) is 9.29. The summed E-state index contributed by atoms with van der Waals surface area (Å²) in [7, 11) is 0. The maximum absolute atomic E-state index is 12.6. The van der Waals surface area contributed by atoms with Gasteiger partial charge in [0.1, 0.15) is 5.69 Å². The lowest BCUT2D eigenvalue weighted by atomic mass is 10.1. The van der Waals surface area contributed by atoms with Gasteiger partial charge in [-0.1, -0.05) is 72.4 Å². The third kappa shape index (κ3) is 3.93. The van der Waals surface area contributed by atoms with Crippen LogP contribution in [0.5, 0.6) is 0 Å². The Morgan fingerprint density at radius 1 is 1.00 bits per heavy atom. The highest BCUT2D eigenvalue weighted by atomic mass is 32.2. The number of oxazole rings is 1. The van der Waals surface area contributed by atoms with Gasteiger partial charge in [-0.15, -0.1) is 0 Å². The molecule has 0 aliphatic carbocycles. The molecule has 138 valence electrons. The Bertz CT molecular complexity index is 846. The molecule has 2 heterocycles. The highest BCUT2D eigenvalue weighted by Gasteiger charge is 2.26. The van der Waals surface area contributed by atoms with Crippen molar-refractivity contribution in [3.63, 3.8) is 0 Å². The average Bonchev–Trinajstić information content (AvgIpc) is 3.39. The molecule has 5 heteroatoms. The van der Waals surface area contributed by atoms with E-state index in [0.717, 1.165) is 48.5 Å². The van der Waals surface area contributed by atoms with E-state index < -0.39 is 0 Å². The molecule has 27 heavy (non-hydrogen) atoms. The van der Waals surface area contributed by atoms with Crippen LogP contribution in [0.25, 0.3) is 22.6 Å². The number of thioether (sulfide) groups is 1. The van der Waals surface area contributed by atoms with Gasteiger partial charge in [0.15, 0.2) is 5.76 Å². The number of hydrogen-bond acceptors (Lipinski definition) is 4. The molecule has 0 radical (unpaired) electrons. The van der Waals surface area contributed by atoms with Crippen LogP contribution in [0.2, 0.25) is 0 Å². The normalized spacial score (nSPS) is 15.1. The zero-order valence-corrected chi connectivity index (χ0v) is 16.1. The second-order valence-corrected chi connectivity index (χ2v) is 7.97. The molecule has 1 saturated heterocycles. The van der Waals surface area contributed by atoms with Crippen LogP contribution in [-0.2, 0) is 4.79 Å². The van der Waals surface area contributed by atoms with Crippen molar-refractivity contribution in [1.82, 2.24) is 9.88 Å². The van der Waals surface area contributed by atoms with Crippen LogP contribution in [0.4, 0.5) is 0 Å². The van der Waals surface area contributed by atoms with Gasteiger partial charge in [-0.2, -0.15) is 0 Å². The summed E-state index contributed by atoms with van der Waals surface area (Å²) in [6.45, 7) is 3.65. The van der Waals surface area contributed by atoms with Gasteiger partial charge in [0, 0.05) is 24.2 Å². The molecule has 4 nitrogen and oxygen atoms in total. The van der Waals surface area contributed by atoms with Gasteiger partial charge in [0.2, 0.25) is 5.91 Å². The zero-order chi connectivity index (χ0) is 18.6. The van der Waals surface area contributed by atoms with E-state index >= 15 is 0 Å². The van der Waals surface area contributed by atoms with E-state index in [1.807, 2.05) is 72.5 Å². The van der Waals surface area contributed by atoms with E-state index in [9.17, 15) is 4.79 Å². The van der Waals surface area contributed by atoms with E-state index in [-0.39, 0.29) is 11.2 Å². The molecule has 4 rings (SSSR count). The SMILES string of the molecule is C[C@@H](Sc1nc(-c2ccccc2)c(-c2ccccc2)o1)C(=O)N1CCCC1. The van der Waals surface area contributed by atoms with E-state index in [2.05, 4.69) is 0 Å². The maximum Gasteiger partial charge on any atom is 0.257 e. The molecule has 0 N–H and O–H groups in total. The van der Waals surface area contributed by atoms with Gasteiger partial charge >= 0.3 is 0 Å². The van der Waals surface area contributed by atoms with Gasteiger partial charge in [-0.05, 0) is 19.8 Å². The first kappa shape index (κ1) is 17.9. The maximum atomic E-state index is 12.6. The summed E-state index contributed by atoms with van der Waals surface area (Å²) in [6, 6.07) is 20.0. The van der Waals surface area contributed by atoms with Crippen LogP contribution in [0.1, 0.15) is 19.8 Å². The number of carbonyl (C=O) groups is 1. The van der Waals surface area contributed by atoms with Gasteiger partial charge in [-0.25, -0.2) is 4.98 Å². The standard InChI is InChI=1S/C22H22N2O2S/c1-16(21(25)24-14-8-9-15-24)27-22-23-19(17-10-4-2-5-11-17)20(26-22)18-12-6-3-7-13-18/h2-7,10-13,16H,8-9,14-15H2,1H3/t16-/m1/s1. The number of nitrogens with zero attached hydrogens (tertiary/aromatic N) is 2. The third-order valence-electron chi connectivity index (χ3n) is 4.73. The van der Waals surface area contributed by atoms with Crippen molar-refractivity contribution < 1.29 is 9.21 Å². The van der Waals surface area contributed by atoms with E-state index in [4.69, 9.17) is 9.40 Å². The highest BCUT2D eigenvalue weighted by Crippen LogP contribution is 2.37. The fraction of sp³-hybridized carbons (Fsp3) is 0.273. The summed E-state index contributed by atoms with van der Waals surface area (Å²) in [5, 5.41) is 0.321. The number of aromatic nitrogens is 1. The largest absolute Gasteiger partial charge is 0.431 e. The smallest absolute Gasteiger partial charge is 0.257 e. The van der Waals surface area contributed by atoms with Gasteiger partial charge in [0.05, 0.1) is 5.25 Å². The average molecular weight is 378 g/mol. The highest BCUT2D eigenvalue weighted by molar-refractivity contribution is 8.00. The number of likely N-dealkylation sites (tertiary alicyclic amines) is 1. The molecule has 0 saturated carbocycles. The quantitative estimate of drug-likeness (QED) is 0.579. The molecular weight excluding hydrogens is 356 g/mol. The molecule has 1 amide bonds. The minimum absolute atomic E-state index is 0.165. The Morgan fingerprint density at radius 3 is 2.22 bits per heavy atom. The zero-order valence-electron chi connectivity index (χ0n) is 15.3. The summed E-state index contributed by atoms with van der Waals surface area (Å²) in [5.41, 5.74) is 2.80. The van der Waals surface area contributed by atoms with Crippen molar-refractivity contribution in [1.29, 1.82) is 0 Å². The van der Waals surface area contributed by atoms with Crippen LogP contribution in [0.15, 0.2) is 70.3 Å². The molecule has 1 aliphatic rings. The minimum Gasteiger partial charge on any atom is -0.431 e. The molecule has 0 bridgehead atoms. The summed E-state index contributed by atoms with van der Waals surface area (Å²) in [6.07, 6.45) is 2.19. The topological polar surface area (TPSA) is 46.3 Å². The molecule has 1 atom stereocenters. The molecule has 0 spiro atoms. The van der Waals surface area contributed by atoms with E-state index in [1.165, 1.54) is 11.8 Å². The van der Waals surface area contributed by atoms with Gasteiger partial charge < -0.3 is 9.32 Å². The monoisotopic (exact) mass is 378 g/mol. The predicted molar refractivity (Wildman–Crippen MR) is 109 cm³/mol. The Balaban J connectivity index is 1.64. The molecule has 1 aromatic heterocycles. The van der Waals surface area contributed by atoms with Gasteiger partial charge in [-0.3, -0.25) is 4.79 Å². The lowest BCUT2D eigenvalue weighted by Gasteiger charge is -2.18. The van der Waals surface area contributed by atoms with Gasteiger partial charge in [0.25, 0.3) is 5.22 Å². The Labute approximate surface area is 163 Å². The number of hydrogen-bond donors (Lipinski definition) is 0. The summed E-state index contributed by atoms with van der Waals surface area (Å²) in [4.78, 5) is 19.3. The van der Waals surface area contributed by atoms with Crippen molar-refractivity contribution in [2.75, 3.05) is 13.1 Å². The second kappa shape index (κ2) is 8.01. The Kier molecular flexibility index (Phi) is 5.30. The first-order valence-corrected chi connectivity index (χ1v) is 10.2. The van der Waals surface area contributed by atoms with Crippen LogP contribution in [-0.4, -0.2) is 34.1 Å². The molecule has 2 aromatic carbocycles. The summed E-state index contributed by atoms with van der Waals surface area (Å²) >= 11 is 1.39. The number of benzene rings is 2. The van der Waals surface area contributed by atoms with Crippen LogP contribution in [0.3, 0.4) is 0 Å². The molecule has 1 fully saturated rings. The molecule has 1 aliphatic heterocycles. The summed E-state index contributed by atoms with van der Waals surface area (Å²) in [5.74, 6) is 0.906. The third-order valence-corrected chi connectivity index (χ3v) is 5.67. The Morgan fingerprint density at radius 2 is 1.59 bits per heavy atom. The fourth-order valence-corrected chi connectivity index (χ4v) is 4.15. The molecule has 0 unspecified atom stereocenters. The van der Waals surface area contributed by atoms with E-state index in [0.29, 0.717) is 5.22 Å². The van der Waals surface area contributed by atoms with Crippen LogP contribution < -0.4 is 0 Å². The van der Waals surface area contributed by atoms with Crippen molar-refractivity contribution in [3.05, 3.63) is 60.7 Å². The lowest BCUT2D eigenvalue weighted by molar-refractivity contribution is -0.129. The van der Waals surface area contributed by atoms with Crippen molar-refractivity contribution >= 4 is 17.7 Å². The molecular formula is C22H22N2O2S. The molecule has 3 aromatic rings.